The second-order valence-electron chi connectivity index (χ2n) is 6.41. The van der Waals surface area contributed by atoms with Crippen LogP contribution in [-0.4, -0.2) is 16.6 Å². The smallest absolute Gasteiger partial charge is 0.143 e. The van der Waals surface area contributed by atoms with E-state index in [4.69, 9.17) is 16.3 Å². The fourth-order valence-electron chi connectivity index (χ4n) is 3.14. The summed E-state index contributed by atoms with van der Waals surface area (Å²) in [4.78, 5) is 11.2. The van der Waals surface area contributed by atoms with Gasteiger partial charge < -0.3 is 10.1 Å². The molecule has 0 spiro atoms. The molecule has 2 aromatic heterocycles. The first kappa shape index (κ1) is 18.7. The van der Waals surface area contributed by atoms with Crippen molar-refractivity contribution in [3.63, 3.8) is 0 Å². The average molecular weight is 410 g/mol. The molecule has 0 amide bonds. The van der Waals surface area contributed by atoms with Crippen LogP contribution in [-0.2, 0) is 0 Å². The highest BCUT2D eigenvalue weighted by atomic mass is 35.5. The molecule has 2 heterocycles. The minimum absolute atomic E-state index is 0.672. The third-order valence-corrected chi connectivity index (χ3v) is 5.66. The number of benzene rings is 2. The number of ether oxygens (including phenoxy) is 1. The summed E-state index contributed by atoms with van der Waals surface area (Å²) in [6.45, 7) is 4.88. The van der Waals surface area contributed by atoms with E-state index in [1.54, 1.807) is 17.7 Å². The molecule has 0 aliphatic carbocycles. The molecular formula is C22H20ClN3OS. The van der Waals surface area contributed by atoms with Gasteiger partial charge in [-0.2, -0.15) is 0 Å². The minimum Gasteiger partial charge on any atom is -0.491 e. The number of nitrogens with zero attached hydrogens (tertiary/aromatic N) is 2. The molecule has 0 radical (unpaired) electrons. The van der Waals surface area contributed by atoms with E-state index >= 15 is 0 Å². The number of para-hydroxylation sites is 2. The van der Waals surface area contributed by atoms with E-state index in [0.717, 1.165) is 50.0 Å². The Labute approximate surface area is 173 Å². The van der Waals surface area contributed by atoms with Crippen LogP contribution in [0.5, 0.6) is 5.75 Å². The lowest BCUT2D eigenvalue weighted by atomic mass is 10.0. The van der Waals surface area contributed by atoms with Crippen LogP contribution in [0.15, 0.2) is 54.9 Å². The van der Waals surface area contributed by atoms with Gasteiger partial charge in [-0.15, -0.1) is 11.3 Å². The number of aromatic nitrogens is 2. The maximum Gasteiger partial charge on any atom is 0.143 e. The zero-order chi connectivity index (χ0) is 19.5. The number of hydrogen-bond donors (Lipinski definition) is 1. The molecule has 1 N–H and O–H groups in total. The number of aryl methyl sites for hydroxylation is 1. The molecule has 4 rings (SSSR count). The van der Waals surface area contributed by atoms with E-state index in [1.165, 1.54) is 4.88 Å². The second kappa shape index (κ2) is 8.17. The fraction of sp³-hybridized carbons (Fsp3) is 0.182. The predicted octanol–water partition coefficient (Wildman–Crippen LogP) is 6.85. The zero-order valence-corrected chi connectivity index (χ0v) is 17.3. The summed E-state index contributed by atoms with van der Waals surface area (Å²) in [6, 6.07) is 15.8. The molecule has 2 aromatic carbocycles. The molecule has 4 aromatic rings. The minimum atomic E-state index is 0.672. The molecule has 0 atom stereocenters. The van der Waals surface area contributed by atoms with Crippen LogP contribution in [0.1, 0.15) is 18.2 Å². The van der Waals surface area contributed by atoms with Crippen molar-refractivity contribution in [1.29, 1.82) is 0 Å². The first-order valence-corrected chi connectivity index (χ1v) is 10.4. The first-order valence-electron chi connectivity index (χ1n) is 9.16. The molecule has 6 heteroatoms. The van der Waals surface area contributed by atoms with Crippen LogP contribution in [0.25, 0.3) is 21.3 Å². The third kappa shape index (κ3) is 3.68. The Balaban J connectivity index is 1.82. The molecule has 0 bridgehead atoms. The third-order valence-electron chi connectivity index (χ3n) is 4.40. The van der Waals surface area contributed by atoms with Crippen molar-refractivity contribution in [2.45, 2.75) is 20.3 Å². The summed E-state index contributed by atoms with van der Waals surface area (Å²) in [5.74, 6) is 1.59. The van der Waals surface area contributed by atoms with E-state index in [0.29, 0.717) is 6.61 Å². The maximum absolute atomic E-state index is 6.08. The van der Waals surface area contributed by atoms with E-state index in [1.807, 2.05) is 48.5 Å². The van der Waals surface area contributed by atoms with E-state index < -0.39 is 0 Å². The summed E-state index contributed by atoms with van der Waals surface area (Å²) in [5.41, 5.74) is 3.12. The van der Waals surface area contributed by atoms with Crippen LogP contribution in [0.2, 0.25) is 5.02 Å². The standard InChI is InChI=1S/C22H20ClN3OS/c1-3-12-27-18-7-5-4-6-17(18)26-21-20-19(15-8-10-16(23)11-9-15)14(2)28-22(20)25-13-24-21/h4-11,13H,3,12H2,1-2H3,(H,24,25,26). The normalized spacial score (nSPS) is 11.0. The summed E-state index contributed by atoms with van der Waals surface area (Å²) in [6.07, 6.45) is 2.55. The van der Waals surface area contributed by atoms with Gasteiger partial charge in [0.2, 0.25) is 0 Å². The monoisotopic (exact) mass is 409 g/mol. The number of anilines is 2. The lowest BCUT2D eigenvalue weighted by molar-refractivity contribution is 0.319. The van der Waals surface area contributed by atoms with Gasteiger partial charge in [0.15, 0.2) is 0 Å². The van der Waals surface area contributed by atoms with Crippen LogP contribution in [0.3, 0.4) is 0 Å². The Kier molecular flexibility index (Phi) is 5.46. The van der Waals surface area contributed by atoms with Gasteiger partial charge in [-0.25, -0.2) is 9.97 Å². The van der Waals surface area contributed by atoms with E-state index in [2.05, 4.69) is 29.1 Å². The van der Waals surface area contributed by atoms with Gasteiger partial charge >= 0.3 is 0 Å². The van der Waals surface area contributed by atoms with Crippen molar-refractivity contribution < 1.29 is 4.74 Å². The summed E-state index contributed by atoms with van der Waals surface area (Å²) in [7, 11) is 0. The first-order chi connectivity index (χ1) is 13.7. The van der Waals surface area contributed by atoms with Crippen molar-refractivity contribution in [2.75, 3.05) is 11.9 Å². The number of halogens is 1. The Hall–Kier alpha value is -2.63. The number of nitrogens with one attached hydrogen (secondary N) is 1. The van der Waals surface area contributed by atoms with Crippen LogP contribution < -0.4 is 10.1 Å². The molecule has 0 aliphatic heterocycles. The number of thiophene rings is 1. The van der Waals surface area contributed by atoms with Gasteiger partial charge in [-0.05, 0) is 43.2 Å². The highest BCUT2D eigenvalue weighted by molar-refractivity contribution is 7.19. The Bertz CT molecular complexity index is 1110. The molecule has 0 saturated heterocycles. The van der Waals surface area contributed by atoms with Crippen LogP contribution in [0, 0.1) is 6.92 Å². The van der Waals surface area contributed by atoms with Crippen LogP contribution in [0.4, 0.5) is 11.5 Å². The number of fused-ring (bicyclic) bond motifs is 1. The Morgan fingerprint density at radius 2 is 1.86 bits per heavy atom. The molecule has 28 heavy (non-hydrogen) atoms. The van der Waals surface area contributed by atoms with Crippen molar-refractivity contribution in [1.82, 2.24) is 9.97 Å². The van der Waals surface area contributed by atoms with Crippen molar-refractivity contribution in [3.8, 4) is 16.9 Å². The molecular weight excluding hydrogens is 390 g/mol. The van der Waals surface area contributed by atoms with Crippen LogP contribution >= 0.6 is 22.9 Å². The number of hydrogen-bond acceptors (Lipinski definition) is 5. The quantitative estimate of drug-likeness (QED) is 0.378. The molecule has 0 unspecified atom stereocenters. The van der Waals surface area contributed by atoms with Gasteiger partial charge in [-0.1, -0.05) is 42.8 Å². The van der Waals surface area contributed by atoms with Crippen molar-refractivity contribution in [2.24, 2.45) is 0 Å². The van der Waals surface area contributed by atoms with Crippen molar-refractivity contribution in [3.05, 3.63) is 64.8 Å². The molecule has 142 valence electrons. The lowest BCUT2D eigenvalue weighted by Crippen LogP contribution is -2.01. The van der Waals surface area contributed by atoms with Gasteiger partial charge in [0, 0.05) is 15.5 Å². The zero-order valence-electron chi connectivity index (χ0n) is 15.7. The van der Waals surface area contributed by atoms with Crippen molar-refractivity contribution >= 4 is 44.7 Å². The fourth-order valence-corrected chi connectivity index (χ4v) is 4.28. The van der Waals surface area contributed by atoms with Gasteiger partial charge in [-0.3, -0.25) is 0 Å². The van der Waals surface area contributed by atoms with Gasteiger partial charge in [0.1, 0.15) is 22.7 Å². The summed E-state index contributed by atoms with van der Waals surface area (Å²) < 4.78 is 5.89. The Morgan fingerprint density at radius 1 is 1.07 bits per heavy atom. The molecule has 0 fully saturated rings. The topological polar surface area (TPSA) is 47.0 Å². The molecule has 0 aliphatic rings. The predicted molar refractivity (Wildman–Crippen MR) is 118 cm³/mol. The SMILES string of the molecule is CCCOc1ccccc1Nc1ncnc2sc(C)c(-c3ccc(Cl)cc3)c12. The molecule has 0 saturated carbocycles. The maximum atomic E-state index is 6.08. The average Bonchev–Trinajstić information content (AvgIpc) is 3.05. The van der Waals surface area contributed by atoms with Gasteiger partial charge in [0.05, 0.1) is 17.7 Å². The Morgan fingerprint density at radius 3 is 2.64 bits per heavy atom. The lowest BCUT2D eigenvalue weighted by Gasteiger charge is -2.13. The van der Waals surface area contributed by atoms with Gasteiger partial charge in [0.25, 0.3) is 0 Å². The highest BCUT2D eigenvalue weighted by Crippen LogP contribution is 2.41. The van der Waals surface area contributed by atoms with E-state index in [-0.39, 0.29) is 0 Å². The summed E-state index contributed by atoms with van der Waals surface area (Å²) >= 11 is 7.75. The molecule has 4 nitrogen and oxygen atoms in total. The summed E-state index contributed by atoms with van der Waals surface area (Å²) in [5, 5.41) is 5.20. The number of rotatable bonds is 6. The van der Waals surface area contributed by atoms with E-state index in [9.17, 15) is 0 Å². The largest absolute Gasteiger partial charge is 0.491 e. The highest BCUT2D eigenvalue weighted by Gasteiger charge is 2.17. The second-order valence-corrected chi connectivity index (χ2v) is 8.05.